The summed E-state index contributed by atoms with van der Waals surface area (Å²) in [6, 6.07) is 4.57. The van der Waals surface area contributed by atoms with Crippen molar-refractivity contribution >= 4 is 26.0 Å². The number of ether oxygens (including phenoxy) is 1. The molecule has 21 heavy (non-hydrogen) atoms. The molecule has 0 bridgehead atoms. The number of methoxy groups -OCH3 is 1. The first kappa shape index (κ1) is 16.0. The van der Waals surface area contributed by atoms with Gasteiger partial charge in [0.05, 0.1) is 7.11 Å². The first-order chi connectivity index (χ1) is 9.96. The molecule has 7 nitrogen and oxygen atoms in total. The Bertz CT molecular complexity index is 729. The lowest BCUT2D eigenvalue weighted by Gasteiger charge is -2.06. The van der Waals surface area contributed by atoms with E-state index in [1.807, 2.05) is 0 Å². The van der Waals surface area contributed by atoms with Gasteiger partial charge in [0.25, 0.3) is 0 Å². The molecule has 9 heteroatoms. The van der Waals surface area contributed by atoms with E-state index in [1.165, 1.54) is 19.4 Å². The lowest BCUT2D eigenvalue weighted by Crippen LogP contribution is -2.23. The predicted octanol–water partition coefficient (Wildman–Crippen LogP) is 1.42. The first-order valence-corrected chi connectivity index (χ1v) is 8.11. The van der Waals surface area contributed by atoms with E-state index in [9.17, 15) is 8.42 Å². The Labute approximate surface area is 130 Å². The van der Waals surface area contributed by atoms with E-state index in [0.717, 1.165) is 0 Å². The van der Waals surface area contributed by atoms with Crippen LogP contribution >= 0.6 is 15.9 Å². The van der Waals surface area contributed by atoms with Crippen molar-refractivity contribution in [2.75, 3.05) is 7.11 Å². The molecule has 2 heterocycles. The molecule has 0 aromatic carbocycles. The van der Waals surface area contributed by atoms with Crippen LogP contribution in [0.5, 0.6) is 5.88 Å². The van der Waals surface area contributed by atoms with Crippen LogP contribution in [0.4, 0.5) is 0 Å². The number of hydrogen-bond donors (Lipinski definition) is 2. The molecule has 0 atom stereocenters. The van der Waals surface area contributed by atoms with Crippen LogP contribution in [0.2, 0.25) is 0 Å². The van der Waals surface area contributed by atoms with Crippen molar-refractivity contribution in [3.8, 4) is 5.88 Å². The molecule has 0 amide bonds. The number of nitrogens with zero attached hydrogens (tertiary/aromatic N) is 1. The van der Waals surface area contributed by atoms with Crippen molar-refractivity contribution in [2.24, 2.45) is 0 Å². The van der Waals surface area contributed by atoms with E-state index in [1.54, 1.807) is 12.1 Å². The number of rotatable bonds is 6. The van der Waals surface area contributed by atoms with Gasteiger partial charge in [-0.2, -0.15) is 0 Å². The summed E-state index contributed by atoms with van der Waals surface area (Å²) in [5, 5.41) is 8.96. The van der Waals surface area contributed by atoms with Crippen LogP contribution in [-0.4, -0.2) is 25.6 Å². The summed E-state index contributed by atoms with van der Waals surface area (Å²) in [5.74, 6) is 0.562. The van der Waals surface area contributed by atoms with Gasteiger partial charge in [-0.15, -0.1) is 0 Å². The summed E-state index contributed by atoms with van der Waals surface area (Å²) in [6.45, 7) is -0.303. The van der Waals surface area contributed by atoms with Crippen LogP contribution in [0.3, 0.4) is 0 Å². The molecule has 0 unspecified atom stereocenters. The minimum Gasteiger partial charge on any atom is -0.481 e. The minimum absolute atomic E-state index is 0.0476. The fourth-order valence-corrected chi connectivity index (χ4v) is 3.60. The molecule has 2 aromatic heterocycles. The monoisotopic (exact) mass is 376 g/mol. The van der Waals surface area contributed by atoms with Crippen molar-refractivity contribution in [3.63, 3.8) is 0 Å². The number of pyridine rings is 1. The number of sulfonamides is 1. The van der Waals surface area contributed by atoms with Crippen molar-refractivity contribution in [1.82, 2.24) is 9.71 Å². The highest BCUT2D eigenvalue weighted by Crippen LogP contribution is 2.26. The Morgan fingerprint density at radius 3 is 2.86 bits per heavy atom. The third-order valence-corrected chi connectivity index (χ3v) is 4.88. The standard InChI is InChI=1S/C12H13BrN2O5S/c1-19-11-4-8(2-3-14-11)6-15-21(17,18)10-5-9(7-16)20-12(10)13/h2-5,15-16H,6-7H2,1H3. The van der Waals surface area contributed by atoms with E-state index in [4.69, 9.17) is 14.3 Å². The van der Waals surface area contributed by atoms with Gasteiger partial charge in [-0.05, 0) is 27.6 Å². The maximum absolute atomic E-state index is 12.2. The molecular weight excluding hydrogens is 364 g/mol. The number of halogens is 1. The van der Waals surface area contributed by atoms with Crippen molar-refractivity contribution < 1.29 is 22.7 Å². The van der Waals surface area contributed by atoms with Gasteiger partial charge in [-0.3, -0.25) is 0 Å². The predicted molar refractivity (Wildman–Crippen MR) is 77.1 cm³/mol. The molecular formula is C12H13BrN2O5S. The lowest BCUT2D eigenvalue weighted by molar-refractivity contribution is 0.245. The molecule has 2 aromatic rings. The third kappa shape index (κ3) is 3.82. The summed E-state index contributed by atoms with van der Waals surface area (Å²) in [5.41, 5.74) is 0.701. The second-order valence-electron chi connectivity index (χ2n) is 4.04. The molecule has 0 aliphatic heterocycles. The second kappa shape index (κ2) is 6.56. The molecule has 2 rings (SSSR count). The zero-order valence-corrected chi connectivity index (χ0v) is 13.4. The van der Waals surface area contributed by atoms with Gasteiger partial charge < -0.3 is 14.3 Å². The van der Waals surface area contributed by atoms with E-state index in [0.29, 0.717) is 11.4 Å². The van der Waals surface area contributed by atoms with Crippen molar-refractivity contribution in [1.29, 1.82) is 0 Å². The number of aliphatic hydroxyl groups is 1. The highest BCUT2D eigenvalue weighted by atomic mass is 79.9. The van der Waals surface area contributed by atoms with E-state index in [-0.39, 0.29) is 28.5 Å². The maximum Gasteiger partial charge on any atom is 0.245 e. The van der Waals surface area contributed by atoms with E-state index in [2.05, 4.69) is 25.6 Å². The van der Waals surface area contributed by atoms with Crippen LogP contribution < -0.4 is 9.46 Å². The quantitative estimate of drug-likeness (QED) is 0.790. The highest BCUT2D eigenvalue weighted by molar-refractivity contribution is 9.10. The summed E-state index contributed by atoms with van der Waals surface area (Å²) < 4.78 is 36.9. The van der Waals surface area contributed by atoms with Crippen LogP contribution in [0.25, 0.3) is 0 Å². The molecule has 0 saturated carbocycles. The average Bonchev–Trinajstić information content (AvgIpc) is 2.87. The van der Waals surface area contributed by atoms with E-state index >= 15 is 0 Å². The van der Waals surface area contributed by atoms with Crippen LogP contribution in [0.1, 0.15) is 11.3 Å². The van der Waals surface area contributed by atoms with E-state index < -0.39 is 10.0 Å². The maximum atomic E-state index is 12.2. The van der Waals surface area contributed by atoms with Crippen molar-refractivity contribution in [2.45, 2.75) is 18.0 Å². The minimum atomic E-state index is -3.76. The third-order valence-electron chi connectivity index (χ3n) is 2.63. The summed E-state index contributed by atoms with van der Waals surface area (Å²) in [6.07, 6.45) is 1.53. The Morgan fingerprint density at radius 2 is 2.24 bits per heavy atom. The summed E-state index contributed by atoms with van der Waals surface area (Å²) in [4.78, 5) is 3.88. The smallest absolute Gasteiger partial charge is 0.245 e. The molecule has 0 aliphatic carbocycles. The Morgan fingerprint density at radius 1 is 1.48 bits per heavy atom. The molecule has 0 spiro atoms. The molecule has 114 valence electrons. The number of aliphatic hydroxyl groups excluding tert-OH is 1. The average molecular weight is 377 g/mol. The fourth-order valence-electron chi connectivity index (χ4n) is 1.59. The van der Waals surface area contributed by atoms with Crippen LogP contribution in [0.15, 0.2) is 38.4 Å². The molecule has 0 fully saturated rings. The largest absolute Gasteiger partial charge is 0.481 e. The van der Waals surface area contributed by atoms with Gasteiger partial charge in [0.2, 0.25) is 15.9 Å². The van der Waals surface area contributed by atoms with Crippen LogP contribution in [-0.2, 0) is 23.2 Å². The van der Waals surface area contributed by atoms with Gasteiger partial charge in [0, 0.05) is 24.9 Å². The zero-order valence-electron chi connectivity index (χ0n) is 11.0. The Kier molecular flexibility index (Phi) is 4.99. The number of aromatic nitrogens is 1. The number of hydrogen-bond acceptors (Lipinski definition) is 6. The molecule has 0 radical (unpaired) electrons. The van der Waals surface area contributed by atoms with Gasteiger partial charge >= 0.3 is 0 Å². The summed E-state index contributed by atoms with van der Waals surface area (Å²) in [7, 11) is -2.28. The fraction of sp³-hybridized carbons (Fsp3) is 0.250. The number of furan rings is 1. The zero-order chi connectivity index (χ0) is 15.5. The van der Waals surface area contributed by atoms with Gasteiger partial charge in [-0.1, -0.05) is 0 Å². The molecule has 0 saturated heterocycles. The molecule has 2 N–H and O–H groups in total. The summed E-state index contributed by atoms with van der Waals surface area (Å²) >= 11 is 3.02. The highest BCUT2D eigenvalue weighted by Gasteiger charge is 2.22. The number of nitrogens with one attached hydrogen (secondary N) is 1. The Hall–Kier alpha value is -1.42. The first-order valence-electron chi connectivity index (χ1n) is 5.84. The van der Waals surface area contributed by atoms with Crippen LogP contribution in [0, 0.1) is 0 Å². The lowest BCUT2D eigenvalue weighted by atomic mass is 10.3. The molecule has 0 aliphatic rings. The normalized spacial score (nSPS) is 11.6. The second-order valence-corrected chi connectivity index (χ2v) is 6.50. The van der Waals surface area contributed by atoms with Crippen molar-refractivity contribution in [3.05, 3.63) is 40.4 Å². The van der Waals surface area contributed by atoms with Gasteiger partial charge in [0.15, 0.2) is 4.67 Å². The topological polar surface area (TPSA) is 102 Å². The Balaban J connectivity index is 2.15. The SMILES string of the molecule is COc1cc(CNS(=O)(=O)c2cc(CO)oc2Br)ccn1. The van der Waals surface area contributed by atoms with Gasteiger partial charge in [0.1, 0.15) is 17.3 Å². The van der Waals surface area contributed by atoms with Gasteiger partial charge in [-0.25, -0.2) is 18.1 Å².